The van der Waals surface area contributed by atoms with Crippen molar-refractivity contribution in [2.24, 2.45) is 14.1 Å². The standard InChI is InChI=1S/C26H27N5O3/c1-5-6-15-20-21(17-11-8-7-9-12-17)30(18-13-10-14-19(16-18)34-4)25-27-23-22(31(20)25)24(32)29(3)26(33)28(23)2/h7-14,16H,5-6,15H2,1-4H3. The maximum absolute atomic E-state index is 13.4. The number of fused-ring (bicyclic) bond motifs is 3. The summed E-state index contributed by atoms with van der Waals surface area (Å²) in [6.07, 6.45) is 2.71. The summed E-state index contributed by atoms with van der Waals surface area (Å²) in [6, 6.07) is 17.9. The van der Waals surface area contributed by atoms with Gasteiger partial charge in [-0.15, -0.1) is 0 Å². The molecule has 8 nitrogen and oxygen atoms in total. The van der Waals surface area contributed by atoms with E-state index in [1.807, 2.05) is 46.9 Å². The van der Waals surface area contributed by atoms with E-state index in [0.717, 1.165) is 52.2 Å². The van der Waals surface area contributed by atoms with Gasteiger partial charge in [0.15, 0.2) is 11.2 Å². The van der Waals surface area contributed by atoms with Crippen molar-refractivity contribution in [2.75, 3.05) is 7.11 Å². The molecule has 0 amide bonds. The van der Waals surface area contributed by atoms with Gasteiger partial charge in [0.25, 0.3) is 5.56 Å². The fourth-order valence-electron chi connectivity index (χ4n) is 4.59. The minimum absolute atomic E-state index is 0.356. The van der Waals surface area contributed by atoms with E-state index in [9.17, 15) is 9.59 Å². The minimum Gasteiger partial charge on any atom is -0.497 e. The molecular formula is C26H27N5O3. The van der Waals surface area contributed by atoms with Crippen LogP contribution in [-0.2, 0) is 20.5 Å². The smallest absolute Gasteiger partial charge is 0.332 e. The molecule has 3 heterocycles. The van der Waals surface area contributed by atoms with Crippen molar-refractivity contribution in [2.45, 2.75) is 26.2 Å². The second-order valence-electron chi connectivity index (χ2n) is 8.43. The third-order valence-electron chi connectivity index (χ3n) is 6.33. The highest BCUT2D eigenvalue weighted by molar-refractivity contribution is 5.81. The molecular weight excluding hydrogens is 430 g/mol. The molecule has 0 aliphatic heterocycles. The average Bonchev–Trinajstić information content (AvgIpc) is 3.40. The Hall–Kier alpha value is -4.07. The number of aryl methyl sites for hydroxylation is 2. The fraction of sp³-hybridized carbons (Fsp3) is 0.269. The van der Waals surface area contributed by atoms with Gasteiger partial charge in [0, 0.05) is 25.7 Å². The number of imidazole rings is 2. The molecule has 0 aliphatic rings. The van der Waals surface area contributed by atoms with Gasteiger partial charge in [-0.25, -0.2) is 4.79 Å². The third kappa shape index (κ3) is 3.17. The topological polar surface area (TPSA) is 75.5 Å². The summed E-state index contributed by atoms with van der Waals surface area (Å²) in [5.74, 6) is 1.31. The van der Waals surface area contributed by atoms with Crippen LogP contribution in [0.5, 0.6) is 5.75 Å². The van der Waals surface area contributed by atoms with Crippen molar-refractivity contribution in [1.82, 2.24) is 23.1 Å². The molecule has 0 aliphatic carbocycles. The first-order valence-corrected chi connectivity index (χ1v) is 11.4. The van der Waals surface area contributed by atoms with Crippen molar-refractivity contribution in [3.63, 3.8) is 0 Å². The lowest BCUT2D eigenvalue weighted by molar-refractivity contribution is 0.414. The van der Waals surface area contributed by atoms with E-state index in [4.69, 9.17) is 9.72 Å². The van der Waals surface area contributed by atoms with E-state index in [1.165, 1.54) is 11.6 Å². The Morgan fingerprint density at radius 2 is 1.74 bits per heavy atom. The molecule has 0 bridgehead atoms. The van der Waals surface area contributed by atoms with Crippen LogP contribution in [0.1, 0.15) is 25.5 Å². The predicted octanol–water partition coefficient (Wildman–Crippen LogP) is 3.69. The number of nitrogens with zero attached hydrogens (tertiary/aromatic N) is 5. The molecule has 0 unspecified atom stereocenters. The van der Waals surface area contributed by atoms with Crippen LogP contribution in [0.3, 0.4) is 0 Å². The largest absolute Gasteiger partial charge is 0.497 e. The summed E-state index contributed by atoms with van der Waals surface area (Å²) in [5.41, 5.74) is 3.88. The molecule has 0 radical (unpaired) electrons. The molecule has 2 aromatic carbocycles. The van der Waals surface area contributed by atoms with Gasteiger partial charge < -0.3 is 4.74 Å². The number of rotatable bonds is 6. The van der Waals surface area contributed by atoms with Gasteiger partial charge in [0.05, 0.1) is 24.2 Å². The lowest BCUT2D eigenvalue weighted by atomic mass is 10.1. The number of aromatic nitrogens is 5. The maximum atomic E-state index is 13.4. The summed E-state index contributed by atoms with van der Waals surface area (Å²) in [7, 11) is 4.79. The van der Waals surface area contributed by atoms with Crippen LogP contribution < -0.4 is 16.0 Å². The zero-order valence-electron chi connectivity index (χ0n) is 19.8. The first kappa shape index (κ1) is 21.8. The molecule has 174 valence electrons. The van der Waals surface area contributed by atoms with Gasteiger partial charge in [-0.05, 0) is 25.0 Å². The van der Waals surface area contributed by atoms with Gasteiger partial charge >= 0.3 is 5.69 Å². The second kappa shape index (κ2) is 8.37. The highest BCUT2D eigenvalue weighted by atomic mass is 16.5. The van der Waals surface area contributed by atoms with E-state index in [-0.39, 0.29) is 5.56 Å². The molecule has 0 atom stereocenters. The third-order valence-corrected chi connectivity index (χ3v) is 6.33. The second-order valence-corrected chi connectivity index (χ2v) is 8.43. The number of hydrogen-bond donors (Lipinski definition) is 0. The van der Waals surface area contributed by atoms with Gasteiger partial charge in [-0.1, -0.05) is 49.7 Å². The summed E-state index contributed by atoms with van der Waals surface area (Å²) < 4.78 is 12.1. The summed E-state index contributed by atoms with van der Waals surface area (Å²) in [5, 5.41) is 0. The minimum atomic E-state index is -0.399. The van der Waals surface area contributed by atoms with E-state index in [2.05, 4.69) is 23.6 Å². The van der Waals surface area contributed by atoms with E-state index in [1.54, 1.807) is 14.2 Å². The van der Waals surface area contributed by atoms with Crippen LogP contribution in [0, 0.1) is 0 Å². The van der Waals surface area contributed by atoms with Crippen molar-refractivity contribution < 1.29 is 4.74 Å². The summed E-state index contributed by atoms with van der Waals surface area (Å²) in [6.45, 7) is 2.15. The van der Waals surface area contributed by atoms with Crippen LogP contribution in [0.15, 0.2) is 64.2 Å². The molecule has 34 heavy (non-hydrogen) atoms. The first-order chi connectivity index (χ1) is 16.5. The lowest BCUT2D eigenvalue weighted by Gasteiger charge is -2.13. The van der Waals surface area contributed by atoms with E-state index < -0.39 is 5.69 Å². The number of methoxy groups -OCH3 is 1. The van der Waals surface area contributed by atoms with Gasteiger partial charge in [-0.3, -0.25) is 22.9 Å². The Morgan fingerprint density at radius 1 is 0.971 bits per heavy atom. The SMILES string of the molecule is CCCCc1c(-c2ccccc2)n(-c2cccc(OC)c2)c2nc3c(c(=O)n(C)c(=O)n3C)n12. The molecule has 0 spiro atoms. The van der Waals surface area contributed by atoms with Crippen LogP contribution in [-0.4, -0.2) is 30.2 Å². The zero-order chi connectivity index (χ0) is 24.0. The van der Waals surface area contributed by atoms with Crippen LogP contribution in [0.4, 0.5) is 0 Å². The molecule has 5 aromatic rings. The molecule has 0 saturated carbocycles. The number of unbranched alkanes of at least 4 members (excludes halogenated alkanes) is 1. The molecule has 8 heteroatoms. The zero-order valence-corrected chi connectivity index (χ0v) is 19.8. The van der Waals surface area contributed by atoms with Crippen molar-refractivity contribution in [3.05, 3.63) is 81.1 Å². The van der Waals surface area contributed by atoms with Crippen LogP contribution in [0.2, 0.25) is 0 Å². The molecule has 0 N–H and O–H groups in total. The fourth-order valence-corrected chi connectivity index (χ4v) is 4.59. The lowest BCUT2D eigenvalue weighted by Crippen LogP contribution is -2.37. The summed E-state index contributed by atoms with van der Waals surface area (Å²) in [4.78, 5) is 30.9. The Kier molecular flexibility index (Phi) is 5.36. The van der Waals surface area contributed by atoms with E-state index >= 15 is 0 Å². The Morgan fingerprint density at radius 3 is 2.44 bits per heavy atom. The van der Waals surface area contributed by atoms with Crippen LogP contribution in [0.25, 0.3) is 33.9 Å². The normalized spacial score (nSPS) is 11.5. The Bertz CT molecular complexity index is 1640. The highest BCUT2D eigenvalue weighted by Crippen LogP contribution is 2.34. The van der Waals surface area contributed by atoms with Gasteiger partial charge in [-0.2, -0.15) is 4.98 Å². The maximum Gasteiger partial charge on any atom is 0.332 e. The quantitative estimate of drug-likeness (QED) is 0.390. The monoisotopic (exact) mass is 457 g/mol. The highest BCUT2D eigenvalue weighted by Gasteiger charge is 2.26. The number of benzene rings is 2. The Balaban J connectivity index is 2.03. The summed E-state index contributed by atoms with van der Waals surface area (Å²) >= 11 is 0. The first-order valence-electron chi connectivity index (χ1n) is 11.4. The van der Waals surface area contributed by atoms with E-state index in [0.29, 0.717) is 16.9 Å². The Labute approximate surface area is 196 Å². The number of hydrogen-bond acceptors (Lipinski definition) is 4. The molecule has 0 fully saturated rings. The van der Waals surface area contributed by atoms with Crippen molar-refractivity contribution in [3.8, 4) is 22.7 Å². The molecule has 0 saturated heterocycles. The molecule has 5 rings (SSSR count). The predicted molar refractivity (Wildman–Crippen MR) is 133 cm³/mol. The van der Waals surface area contributed by atoms with Gasteiger partial charge in [0.1, 0.15) is 5.75 Å². The van der Waals surface area contributed by atoms with Gasteiger partial charge in [0.2, 0.25) is 5.78 Å². The van der Waals surface area contributed by atoms with Crippen molar-refractivity contribution >= 4 is 16.9 Å². The van der Waals surface area contributed by atoms with Crippen LogP contribution >= 0.6 is 0 Å². The number of ether oxygens (including phenoxy) is 1. The average molecular weight is 458 g/mol. The van der Waals surface area contributed by atoms with Crippen molar-refractivity contribution in [1.29, 1.82) is 0 Å². The molecule has 3 aromatic heterocycles.